The Morgan fingerprint density at radius 1 is 0.400 bits per heavy atom. The molecule has 0 fully saturated rings. The third kappa shape index (κ3) is 3.27. The molecule has 45 heavy (non-hydrogen) atoms. The van der Waals surface area contributed by atoms with Crippen molar-refractivity contribution in [2.45, 2.75) is 11.8 Å². The lowest BCUT2D eigenvalue weighted by Crippen LogP contribution is -2.34. The third-order valence-electron chi connectivity index (χ3n) is 10.3. The minimum atomic E-state index is -0.359. The highest BCUT2D eigenvalue weighted by Gasteiger charge is 2.49. The zero-order valence-corrected chi connectivity index (χ0v) is 24.7. The maximum atomic E-state index is 2.54. The highest BCUT2D eigenvalue weighted by molar-refractivity contribution is 6.10. The third-order valence-corrected chi connectivity index (χ3v) is 10.3. The number of hydrogen-bond acceptors (Lipinski definition) is 0. The number of fused-ring (bicyclic) bond motifs is 12. The van der Waals surface area contributed by atoms with Gasteiger partial charge in [-0.15, -0.1) is 0 Å². The fourth-order valence-electron chi connectivity index (χ4n) is 8.49. The van der Waals surface area contributed by atoms with Crippen LogP contribution in [0.3, 0.4) is 0 Å². The number of nitrogens with zero attached hydrogens (tertiary/aromatic N) is 1. The van der Waals surface area contributed by atoms with Gasteiger partial charge in [-0.2, -0.15) is 0 Å². The van der Waals surface area contributed by atoms with Crippen molar-refractivity contribution in [3.8, 4) is 27.9 Å². The van der Waals surface area contributed by atoms with Crippen molar-refractivity contribution in [3.05, 3.63) is 197 Å². The van der Waals surface area contributed by atoms with Crippen LogP contribution in [0.2, 0.25) is 0 Å². The summed E-state index contributed by atoms with van der Waals surface area (Å²) in [5.41, 5.74) is 16.9. The van der Waals surface area contributed by atoms with Crippen LogP contribution in [0, 0.1) is 0 Å². The molecule has 0 saturated heterocycles. The van der Waals surface area contributed by atoms with E-state index < -0.39 is 0 Å². The summed E-state index contributed by atoms with van der Waals surface area (Å²) in [6.45, 7) is 0. The second-order valence-electron chi connectivity index (χ2n) is 12.5. The van der Waals surface area contributed by atoms with Crippen LogP contribution in [0.1, 0.15) is 33.4 Å². The van der Waals surface area contributed by atoms with Crippen LogP contribution in [0.15, 0.2) is 164 Å². The van der Waals surface area contributed by atoms with Crippen molar-refractivity contribution < 1.29 is 0 Å². The molecule has 1 aromatic heterocycles. The summed E-state index contributed by atoms with van der Waals surface area (Å²) < 4.78 is 2.47. The van der Waals surface area contributed by atoms with Gasteiger partial charge in [-0.3, -0.25) is 0 Å². The maximum Gasteiger partial charge on any atom is 0.0719 e. The van der Waals surface area contributed by atoms with E-state index in [-0.39, 0.29) is 5.41 Å². The molecule has 10 rings (SSSR count). The summed E-state index contributed by atoms with van der Waals surface area (Å²) in [6.07, 6.45) is 0.916. The molecule has 0 saturated carbocycles. The summed E-state index contributed by atoms with van der Waals surface area (Å²) in [7, 11) is 0. The van der Waals surface area contributed by atoms with Crippen LogP contribution in [0.25, 0.3) is 49.7 Å². The van der Waals surface area contributed by atoms with Crippen LogP contribution >= 0.6 is 0 Å². The van der Waals surface area contributed by atoms with E-state index in [4.69, 9.17) is 0 Å². The summed E-state index contributed by atoms with van der Waals surface area (Å²) in [6, 6.07) is 60.9. The Labute approximate surface area is 262 Å². The number of hydrogen-bond donors (Lipinski definition) is 0. The van der Waals surface area contributed by atoms with Gasteiger partial charge in [0.15, 0.2) is 0 Å². The van der Waals surface area contributed by atoms with Gasteiger partial charge >= 0.3 is 0 Å². The van der Waals surface area contributed by atoms with E-state index in [9.17, 15) is 0 Å². The van der Waals surface area contributed by atoms with Crippen molar-refractivity contribution in [3.63, 3.8) is 0 Å². The molecule has 1 spiro atoms. The first kappa shape index (κ1) is 24.7. The summed E-state index contributed by atoms with van der Waals surface area (Å²) in [5.74, 6) is 0. The lowest BCUT2D eigenvalue weighted by molar-refractivity contribution is 0.723. The van der Waals surface area contributed by atoms with Crippen molar-refractivity contribution in [2.24, 2.45) is 0 Å². The lowest BCUT2D eigenvalue weighted by Gasteiger charge is -2.40. The number of rotatable bonds is 2. The number of aromatic nitrogens is 1. The smallest absolute Gasteiger partial charge is 0.0719 e. The number of benzene rings is 7. The van der Waals surface area contributed by atoms with Crippen LogP contribution in [-0.4, -0.2) is 4.57 Å². The molecule has 0 unspecified atom stereocenters. The summed E-state index contributed by atoms with van der Waals surface area (Å²) in [4.78, 5) is 0. The van der Waals surface area contributed by atoms with E-state index >= 15 is 0 Å². The molecule has 8 aromatic rings. The second-order valence-corrected chi connectivity index (χ2v) is 12.5. The molecule has 1 heteroatoms. The Morgan fingerprint density at radius 3 is 1.84 bits per heavy atom. The monoisotopic (exact) mass is 571 g/mol. The van der Waals surface area contributed by atoms with Gasteiger partial charge in [0.2, 0.25) is 0 Å². The average molecular weight is 572 g/mol. The molecular formula is C44H29N. The Morgan fingerprint density at radius 2 is 1.04 bits per heavy atom. The molecular weight excluding hydrogens is 542 g/mol. The van der Waals surface area contributed by atoms with Crippen LogP contribution in [0.4, 0.5) is 0 Å². The van der Waals surface area contributed by atoms with Crippen molar-refractivity contribution in [1.82, 2.24) is 4.57 Å². The molecule has 0 aliphatic heterocycles. The van der Waals surface area contributed by atoms with E-state index in [1.807, 2.05) is 0 Å². The Kier molecular flexibility index (Phi) is 5.04. The van der Waals surface area contributed by atoms with Crippen molar-refractivity contribution in [2.75, 3.05) is 0 Å². The van der Waals surface area contributed by atoms with Crippen LogP contribution in [0.5, 0.6) is 0 Å². The zero-order valence-electron chi connectivity index (χ0n) is 24.7. The van der Waals surface area contributed by atoms with Gasteiger partial charge in [-0.1, -0.05) is 133 Å². The fourth-order valence-corrected chi connectivity index (χ4v) is 8.49. The molecule has 1 heterocycles. The number of para-hydroxylation sites is 1. The predicted octanol–water partition coefficient (Wildman–Crippen LogP) is 10.7. The van der Waals surface area contributed by atoms with E-state index in [0.717, 1.165) is 6.42 Å². The van der Waals surface area contributed by atoms with E-state index in [2.05, 4.69) is 168 Å². The van der Waals surface area contributed by atoms with Crippen LogP contribution in [-0.2, 0) is 11.8 Å². The van der Waals surface area contributed by atoms with Gasteiger partial charge in [0.05, 0.1) is 16.4 Å². The quantitative estimate of drug-likeness (QED) is 0.194. The zero-order chi connectivity index (χ0) is 29.5. The van der Waals surface area contributed by atoms with E-state index in [0.29, 0.717) is 0 Å². The molecule has 1 nitrogen and oxygen atoms in total. The van der Waals surface area contributed by atoms with E-state index in [1.165, 1.54) is 83.1 Å². The Bertz CT molecular complexity index is 2410. The first-order valence-corrected chi connectivity index (χ1v) is 15.8. The molecule has 0 amide bonds. The van der Waals surface area contributed by atoms with Gasteiger partial charge in [0.1, 0.15) is 0 Å². The molecule has 0 bridgehead atoms. The molecule has 2 aliphatic carbocycles. The highest BCUT2D eigenvalue weighted by atomic mass is 15.0. The standard InChI is InChI=1S/C44H29N/c1-2-13-29(14-3-1)30-16-12-17-33(26-30)45-42-24-11-7-20-36(42)37-28-41-32(27-43(37)45)25-31-15-4-8-21-38(31)44(41)39-22-9-5-18-34(39)35-19-6-10-23-40(35)44/h1-24,26-28H,25H2. The second kappa shape index (κ2) is 9.17. The predicted molar refractivity (Wildman–Crippen MR) is 186 cm³/mol. The van der Waals surface area contributed by atoms with Crippen LogP contribution < -0.4 is 0 Å². The van der Waals surface area contributed by atoms with Gasteiger partial charge < -0.3 is 4.57 Å². The lowest BCUT2D eigenvalue weighted by atomic mass is 9.61. The first-order chi connectivity index (χ1) is 22.3. The van der Waals surface area contributed by atoms with Gasteiger partial charge in [-0.25, -0.2) is 0 Å². The molecule has 0 radical (unpaired) electrons. The topological polar surface area (TPSA) is 4.93 Å². The molecule has 210 valence electrons. The first-order valence-electron chi connectivity index (χ1n) is 15.8. The molecule has 2 aliphatic rings. The largest absolute Gasteiger partial charge is 0.309 e. The minimum absolute atomic E-state index is 0.359. The normalized spacial score (nSPS) is 13.9. The summed E-state index contributed by atoms with van der Waals surface area (Å²) >= 11 is 0. The van der Waals surface area contributed by atoms with Gasteiger partial charge in [0.25, 0.3) is 0 Å². The van der Waals surface area contributed by atoms with Gasteiger partial charge in [0, 0.05) is 16.5 Å². The molecule has 7 aromatic carbocycles. The van der Waals surface area contributed by atoms with Gasteiger partial charge in [-0.05, 0) is 92.4 Å². The Balaban J connectivity index is 1.32. The van der Waals surface area contributed by atoms with Crippen molar-refractivity contribution >= 4 is 21.8 Å². The molecule has 0 N–H and O–H groups in total. The minimum Gasteiger partial charge on any atom is -0.309 e. The van der Waals surface area contributed by atoms with Crippen molar-refractivity contribution in [1.29, 1.82) is 0 Å². The molecule has 0 atom stereocenters. The Hall–Kier alpha value is -5.66. The average Bonchev–Trinajstić information content (AvgIpc) is 3.59. The summed E-state index contributed by atoms with van der Waals surface area (Å²) in [5, 5.41) is 2.59. The SMILES string of the molecule is c1ccc(-c2cccc(-n3c4ccccc4c4cc5c(cc43)Cc3ccccc3C53c4ccccc4-c4ccccc43)c2)cc1. The van der Waals surface area contributed by atoms with E-state index in [1.54, 1.807) is 0 Å². The fraction of sp³-hybridized carbons (Fsp3) is 0.0455. The maximum absolute atomic E-state index is 2.54. The highest BCUT2D eigenvalue weighted by Crippen LogP contribution is 2.59.